The molecule has 6 aliphatic rings. The molecular formula is C32H45NO11. The summed E-state index contributed by atoms with van der Waals surface area (Å²) < 4.78 is 37.1. The van der Waals surface area contributed by atoms with E-state index in [1.54, 1.807) is 51.7 Å². The number of hydrogen-bond acceptors (Lipinski definition) is 12. The van der Waals surface area contributed by atoms with Gasteiger partial charge in [-0.2, -0.15) is 0 Å². The molecule has 4 N–H and O–H groups in total. The highest BCUT2D eigenvalue weighted by molar-refractivity contribution is 5.89. The van der Waals surface area contributed by atoms with E-state index in [0.29, 0.717) is 12.1 Å². The molecule has 0 radical (unpaired) electrons. The topological polar surface area (TPSA) is 157 Å². The summed E-state index contributed by atoms with van der Waals surface area (Å²) in [6, 6.07) is 8.00. The lowest BCUT2D eigenvalue weighted by Crippen LogP contribution is -2.86. The number of carbonyl (C=O) groups is 1. The van der Waals surface area contributed by atoms with Gasteiger partial charge in [-0.25, -0.2) is 4.79 Å². The SMILES string of the molecule is COC[C@]12CN(C)[C@@H]3[C@@H]4[C@H](OC)[C@H]1[C@@]3([C@@H](OC)CC2O)[C@@]1(O)[C@@H]2[C@@H](OC(=O)c3ccccc3)[C@@H]([C@@H](OC)[C@H](O)[C@]42OC)[C@@H]1O. The van der Waals surface area contributed by atoms with Crippen molar-refractivity contribution in [1.82, 2.24) is 4.90 Å². The number of rotatable bonds is 8. The Kier molecular flexibility index (Phi) is 7.13. The molecule has 16 atom stereocenters. The number of esters is 1. The summed E-state index contributed by atoms with van der Waals surface area (Å²) >= 11 is 0. The number of benzene rings is 1. The molecule has 5 saturated carbocycles. The first-order chi connectivity index (χ1) is 21.0. The van der Waals surface area contributed by atoms with E-state index < -0.39 is 100 Å². The standard InChI is InChI=1S/C32H45NO11/c1-33-13-29(14-39-2)16(34)12-17(40-3)30-23(29)22(42-5)19(25(30)33)31(43-6)24-20(44-28(37)15-10-8-7-9-11-15)18(21(41-4)27(31)36)26(35)32(24,30)38/h7-11,16-27,34-36,38H,12-14H2,1-6H3/t16?,17-,18-,19-,20-,21+,22-,23+,24+,25+,26-,27-,29-,30+,31-,32+/m0/s1. The van der Waals surface area contributed by atoms with Crippen LogP contribution >= 0.6 is 0 Å². The van der Waals surface area contributed by atoms with Crippen molar-refractivity contribution in [3.8, 4) is 0 Å². The molecule has 244 valence electrons. The van der Waals surface area contributed by atoms with Gasteiger partial charge >= 0.3 is 5.97 Å². The van der Waals surface area contributed by atoms with Gasteiger partial charge in [-0.05, 0) is 19.2 Å². The van der Waals surface area contributed by atoms with Gasteiger partial charge in [0.2, 0.25) is 0 Å². The lowest BCUT2D eigenvalue weighted by atomic mass is 9.40. The maximum absolute atomic E-state index is 13.7. The van der Waals surface area contributed by atoms with Crippen molar-refractivity contribution in [2.45, 2.75) is 66.4 Å². The van der Waals surface area contributed by atoms with Crippen LogP contribution in [0.25, 0.3) is 0 Å². The number of ether oxygens (including phenoxy) is 6. The number of aliphatic hydroxyl groups is 4. The third-order valence-corrected chi connectivity index (χ3v) is 13.0. The first-order valence-electron chi connectivity index (χ1n) is 15.4. The van der Waals surface area contributed by atoms with Crippen molar-refractivity contribution in [2.24, 2.45) is 34.5 Å². The van der Waals surface area contributed by atoms with Crippen molar-refractivity contribution in [1.29, 1.82) is 0 Å². The zero-order valence-electron chi connectivity index (χ0n) is 26.0. The summed E-state index contributed by atoms with van der Waals surface area (Å²) in [4.78, 5) is 15.7. The van der Waals surface area contributed by atoms with Crippen LogP contribution in [0.5, 0.6) is 0 Å². The number of nitrogens with zero attached hydrogens (tertiary/aromatic N) is 1. The van der Waals surface area contributed by atoms with Crippen LogP contribution in [-0.4, -0.2) is 147 Å². The number of aliphatic hydroxyl groups excluding tert-OH is 3. The summed E-state index contributed by atoms with van der Waals surface area (Å²) in [7, 11) is 9.54. The van der Waals surface area contributed by atoms with Gasteiger partial charge < -0.3 is 53.7 Å². The predicted octanol–water partition coefficient (Wildman–Crippen LogP) is -0.688. The van der Waals surface area contributed by atoms with Crippen molar-refractivity contribution in [3.05, 3.63) is 35.9 Å². The highest BCUT2D eigenvalue weighted by Gasteiger charge is 2.95. The molecule has 1 aromatic carbocycles. The van der Waals surface area contributed by atoms with Crippen molar-refractivity contribution >= 4 is 5.97 Å². The van der Waals surface area contributed by atoms with Crippen molar-refractivity contribution < 1.29 is 53.6 Å². The van der Waals surface area contributed by atoms with Crippen LogP contribution in [0, 0.1) is 34.5 Å². The fourth-order valence-electron chi connectivity index (χ4n) is 12.2. The molecule has 5 aliphatic carbocycles. The van der Waals surface area contributed by atoms with Gasteiger partial charge in [0, 0.05) is 71.8 Å². The van der Waals surface area contributed by atoms with Crippen LogP contribution in [0.3, 0.4) is 0 Å². The Balaban J connectivity index is 1.53. The zero-order valence-corrected chi connectivity index (χ0v) is 26.0. The van der Waals surface area contributed by atoms with E-state index in [9.17, 15) is 25.2 Å². The predicted molar refractivity (Wildman–Crippen MR) is 152 cm³/mol. The van der Waals surface area contributed by atoms with Crippen LogP contribution < -0.4 is 0 Å². The van der Waals surface area contributed by atoms with Crippen LogP contribution in [0.4, 0.5) is 0 Å². The third kappa shape index (κ3) is 3.12. The molecule has 1 heterocycles. The lowest BCUT2D eigenvalue weighted by Gasteiger charge is -2.72. The molecule has 7 bridgehead atoms. The molecule has 7 rings (SSSR count). The van der Waals surface area contributed by atoms with E-state index in [4.69, 9.17) is 28.4 Å². The second kappa shape index (κ2) is 10.1. The minimum absolute atomic E-state index is 0.163. The zero-order chi connectivity index (χ0) is 31.6. The number of hydrogen-bond donors (Lipinski definition) is 4. The smallest absolute Gasteiger partial charge is 0.338 e. The van der Waals surface area contributed by atoms with E-state index in [2.05, 4.69) is 4.90 Å². The van der Waals surface area contributed by atoms with Gasteiger partial charge in [0.15, 0.2) is 0 Å². The third-order valence-electron chi connectivity index (χ3n) is 13.0. The normalized spacial score (nSPS) is 53.5. The van der Waals surface area contributed by atoms with E-state index >= 15 is 0 Å². The second-order valence-electron chi connectivity index (χ2n) is 13.9. The Morgan fingerprint density at radius 3 is 2.20 bits per heavy atom. The van der Waals surface area contributed by atoms with Gasteiger partial charge in [-0.1, -0.05) is 18.2 Å². The Labute approximate surface area is 257 Å². The number of fused-ring (bicyclic) bond motifs is 2. The first kappa shape index (κ1) is 30.9. The molecule has 1 saturated heterocycles. The minimum Gasteiger partial charge on any atom is -0.458 e. The van der Waals surface area contributed by atoms with Gasteiger partial charge in [0.05, 0.1) is 59.9 Å². The maximum Gasteiger partial charge on any atom is 0.338 e. The highest BCUT2D eigenvalue weighted by Crippen LogP contribution is 2.81. The molecule has 0 aromatic heterocycles. The van der Waals surface area contributed by atoms with Gasteiger partial charge in [-0.3, -0.25) is 0 Å². The van der Waals surface area contributed by atoms with Crippen molar-refractivity contribution in [2.75, 3.05) is 55.7 Å². The highest BCUT2D eigenvalue weighted by atomic mass is 16.6. The Morgan fingerprint density at radius 2 is 1.61 bits per heavy atom. The molecule has 1 aliphatic heterocycles. The van der Waals surface area contributed by atoms with E-state index in [0.717, 1.165) is 0 Å². The minimum atomic E-state index is -2.04. The van der Waals surface area contributed by atoms with Crippen LogP contribution in [-0.2, 0) is 28.4 Å². The molecule has 12 heteroatoms. The quantitative estimate of drug-likeness (QED) is 0.272. The fraction of sp³-hybridized carbons (Fsp3) is 0.781. The average molecular weight is 620 g/mol. The van der Waals surface area contributed by atoms with E-state index in [1.165, 1.54) is 14.2 Å². The monoisotopic (exact) mass is 619 g/mol. The van der Waals surface area contributed by atoms with Gasteiger partial charge in [-0.15, -0.1) is 0 Å². The molecule has 1 spiro atoms. The summed E-state index contributed by atoms with van der Waals surface area (Å²) in [5.41, 5.74) is -5.50. The molecule has 6 fully saturated rings. The second-order valence-corrected chi connectivity index (χ2v) is 13.9. The van der Waals surface area contributed by atoms with E-state index in [-0.39, 0.29) is 13.0 Å². The van der Waals surface area contributed by atoms with Crippen LogP contribution in [0.1, 0.15) is 16.8 Å². The van der Waals surface area contributed by atoms with E-state index in [1.807, 2.05) is 7.05 Å². The number of methoxy groups -OCH3 is 5. The summed E-state index contributed by atoms with van der Waals surface area (Å²) in [6.07, 6.45) is -7.13. The molecule has 0 amide bonds. The summed E-state index contributed by atoms with van der Waals surface area (Å²) in [6.45, 7) is 0.582. The Hall–Kier alpha value is -1.71. The molecule has 12 nitrogen and oxygen atoms in total. The fourth-order valence-corrected chi connectivity index (χ4v) is 12.2. The van der Waals surface area contributed by atoms with Crippen LogP contribution in [0.2, 0.25) is 0 Å². The number of piperidine rings is 1. The molecule has 44 heavy (non-hydrogen) atoms. The first-order valence-corrected chi connectivity index (χ1v) is 15.4. The average Bonchev–Trinajstić information content (AvgIpc) is 3.37. The summed E-state index contributed by atoms with van der Waals surface area (Å²) in [5.74, 6) is -3.92. The Morgan fingerprint density at radius 1 is 0.932 bits per heavy atom. The maximum atomic E-state index is 13.7. The molecular weight excluding hydrogens is 574 g/mol. The van der Waals surface area contributed by atoms with Crippen LogP contribution in [0.15, 0.2) is 30.3 Å². The lowest BCUT2D eigenvalue weighted by molar-refractivity contribution is -0.360. The van der Waals surface area contributed by atoms with Gasteiger partial charge in [0.25, 0.3) is 0 Å². The number of carbonyl (C=O) groups excluding carboxylic acids is 1. The van der Waals surface area contributed by atoms with Crippen molar-refractivity contribution in [3.63, 3.8) is 0 Å². The van der Waals surface area contributed by atoms with Gasteiger partial charge in [0.1, 0.15) is 23.4 Å². The summed E-state index contributed by atoms with van der Waals surface area (Å²) in [5, 5.41) is 50.5. The number of likely N-dealkylation sites (tertiary alicyclic amines) is 1. The largest absolute Gasteiger partial charge is 0.458 e. The molecule has 1 aromatic rings. The molecule has 1 unspecified atom stereocenters. The Bertz CT molecular complexity index is 1290.